The van der Waals surface area contributed by atoms with Crippen molar-refractivity contribution in [1.29, 1.82) is 0 Å². The monoisotopic (exact) mass is 378 g/mol. The molecule has 0 saturated carbocycles. The fourth-order valence-electron chi connectivity index (χ4n) is 1.49. The molecule has 0 saturated heterocycles. The van der Waals surface area contributed by atoms with Crippen molar-refractivity contribution in [3.05, 3.63) is 43.5 Å². The summed E-state index contributed by atoms with van der Waals surface area (Å²) in [6.45, 7) is 4.00. The minimum atomic E-state index is -0.504. The Morgan fingerprint density at radius 1 is 1.50 bits per heavy atom. The van der Waals surface area contributed by atoms with E-state index in [0.29, 0.717) is 16.8 Å². The number of nitrogens with one attached hydrogen (secondary N) is 1. The van der Waals surface area contributed by atoms with Gasteiger partial charge in [-0.2, -0.15) is 0 Å². The second-order valence-corrected chi connectivity index (χ2v) is 6.20. The van der Waals surface area contributed by atoms with Gasteiger partial charge in [0.05, 0.1) is 15.2 Å². The predicted molar refractivity (Wildman–Crippen MR) is 82.9 cm³/mol. The third-order valence-electron chi connectivity index (χ3n) is 2.48. The van der Waals surface area contributed by atoms with E-state index in [2.05, 4.69) is 26.2 Å². The molecule has 7 heteroatoms. The number of halogens is 3. The molecule has 0 aliphatic carbocycles. The highest BCUT2D eigenvalue weighted by atomic mass is 79.9. The summed E-state index contributed by atoms with van der Waals surface area (Å²) in [5.74, 6) is -0.0934. The summed E-state index contributed by atoms with van der Waals surface area (Å²) in [4.78, 5) is 4.43. The average molecular weight is 380 g/mol. The highest BCUT2D eigenvalue weighted by molar-refractivity contribution is 9.10. The molecule has 0 amide bonds. The van der Waals surface area contributed by atoms with Crippen molar-refractivity contribution in [3.63, 3.8) is 0 Å². The van der Waals surface area contributed by atoms with E-state index in [-0.39, 0.29) is 5.02 Å². The minimum absolute atomic E-state index is 0.0609. The summed E-state index contributed by atoms with van der Waals surface area (Å²) in [5, 5.41) is 6.21. The molecule has 1 aromatic heterocycles. The van der Waals surface area contributed by atoms with Crippen LogP contribution in [0.2, 0.25) is 5.02 Å². The number of aromatic nitrogens is 1. The summed E-state index contributed by atoms with van der Waals surface area (Å²) in [6.07, 6.45) is 0. The van der Waals surface area contributed by atoms with Crippen molar-refractivity contribution in [2.75, 3.05) is 6.54 Å². The first-order valence-electron chi connectivity index (χ1n) is 6.01. The van der Waals surface area contributed by atoms with Gasteiger partial charge in [-0.15, -0.1) is 11.3 Å². The Hall–Kier alpha value is -0.690. The molecule has 0 radical (unpaired) electrons. The van der Waals surface area contributed by atoms with Crippen LogP contribution in [0.5, 0.6) is 5.75 Å². The lowest BCUT2D eigenvalue weighted by Gasteiger charge is -2.07. The van der Waals surface area contributed by atoms with Crippen LogP contribution < -0.4 is 10.1 Å². The van der Waals surface area contributed by atoms with Crippen LogP contribution in [-0.2, 0) is 13.2 Å². The fourth-order valence-corrected chi connectivity index (χ4v) is 3.00. The minimum Gasteiger partial charge on any atom is -0.486 e. The third-order valence-corrected chi connectivity index (χ3v) is 4.28. The second kappa shape index (κ2) is 7.36. The average Bonchev–Trinajstić information content (AvgIpc) is 2.87. The zero-order valence-corrected chi connectivity index (χ0v) is 13.9. The summed E-state index contributed by atoms with van der Waals surface area (Å²) in [7, 11) is 0. The molecule has 0 aliphatic heterocycles. The van der Waals surface area contributed by atoms with Gasteiger partial charge in [-0.3, -0.25) is 0 Å². The van der Waals surface area contributed by atoms with Crippen LogP contribution >= 0.6 is 38.9 Å². The number of benzene rings is 1. The van der Waals surface area contributed by atoms with E-state index in [4.69, 9.17) is 16.3 Å². The number of thiazole rings is 1. The lowest BCUT2D eigenvalue weighted by Crippen LogP contribution is -2.11. The van der Waals surface area contributed by atoms with Crippen molar-refractivity contribution in [1.82, 2.24) is 10.3 Å². The molecule has 0 aliphatic rings. The fraction of sp³-hybridized carbons (Fsp3) is 0.308. The Balaban J connectivity index is 1.98. The van der Waals surface area contributed by atoms with Crippen molar-refractivity contribution in [2.24, 2.45) is 0 Å². The van der Waals surface area contributed by atoms with Crippen LogP contribution in [0.1, 0.15) is 17.6 Å². The first-order valence-corrected chi connectivity index (χ1v) is 8.06. The molecule has 0 unspecified atom stereocenters. The maximum absolute atomic E-state index is 13.4. The molecule has 0 spiro atoms. The molecule has 108 valence electrons. The van der Waals surface area contributed by atoms with Gasteiger partial charge >= 0.3 is 0 Å². The van der Waals surface area contributed by atoms with Gasteiger partial charge in [0.15, 0.2) is 0 Å². The molecule has 1 N–H and O–H groups in total. The third kappa shape index (κ3) is 4.15. The largest absolute Gasteiger partial charge is 0.486 e. The van der Waals surface area contributed by atoms with Gasteiger partial charge in [-0.1, -0.05) is 18.5 Å². The highest BCUT2D eigenvalue weighted by Crippen LogP contribution is 2.31. The van der Waals surface area contributed by atoms with Gasteiger partial charge in [-0.05, 0) is 28.5 Å². The van der Waals surface area contributed by atoms with Gasteiger partial charge in [0.25, 0.3) is 0 Å². The summed E-state index contributed by atoms with van der Waals surface area (Å²) in [6, 6.07) is 2.74. The van der Waals surface area contributed by atoms with Crippen LogP contribution in [0, 0.1) is 5.82 Å². The molecule has 20 heavy (non-hydrogen) atoms. The van der Waals surface area contributed by atoms with Gasteiger partial charge in [-0.25, -0.2) is 9.37 Å². The van der Waals surface area contributed by atoms with Crippen LogP contribution in [0.25, 0.3) is 0 Å². The van der Waals surface area contributed by atoms with Gasteiger partial charge in [0, 0.05) is 18.0 Å². The van der Waals surface area contributed by atoms with E-state index >= 15 is 0 Å². The molecule has 0 bridgehead atoms. The molecular formula is C13H13BrClFN2OS. The Morgan fingerprint density at radius 2 is 2.30 bits per heavy atom. The summed E-state index contributed by atoms with van der Waals surface area (Å²) >= 11 is 10.5. The van der Waals surface area contributed by atoms with E-state index in [9.17, 15) is 4.39 Å². The molecule has 3 nitrogen and oxygen atoms in total. The van der Waals surface area contributed by atoms with Crippen molar-refractivity contribution < 1.29 is 9.13 Å². The first kappa shape index (κ1) is 15.7. The van der Waals surface area contributed by atoms with Crippen molar-refractivity contribution >= 4 is 38.9 Å². The van der Waals surface area contributed by atoms with E-state index in [1.807, 2.05) is 12.3 Å². The van der Waals surface area contributed by atoms with Crippen LogP contribution in [0.3, 0.4) is 0 Å². The first-order chi connectivity index (χ1) is 9.60. The van der Waals surface area contributed by atoms with E-state index in [1.54, 1.807) is 11.3 Å². The molecule has 0 fully saturated rings. The SMILES string of the molecule is CCNCc1nc(COc2cc(F)c(Cl)cc2Br)cs1. The number of rotatable bonds is 6. The van der Waals surface area contributed by atoms with Gasteiger partial charge < -0.3 is 10.1 Å². The Labute approximate surface area is 134 Å². The second-order valence-electron chi connectivity index (χ2n) is 4.00. The molecule has 1 aromatic carbocycles. The Bertz CT molecular complexity index is 594. The van der Waals surface area contributed by atoms with Gasteiger partial charge in [0.1, 0.15) is 23.2 Å². The number of hydrogen-bond donors (Lipinski definition) is 1. The Kier molecular flexibility index (Phi) is 5.77. The van der Waals surface area contributed by atoms with E-state index in [1.165, 1.54) is 12.1 Å². The topological polar surface area (TPSA) is 34.2 Å². The molecule has 2 aromatic rings. The molecule has 2 rings (SSSR count). The summed E-state index contributed by atoms with van der Waals surface area (Å²) in [5.41, 5.74) is 0.824. The highest BCUT2D eigenvalue weighted by Gasteiger charge is 2.09. The molecule has 1 heterocycles. The zero-order chi connectivity index (χ0) is 14.5. The summed E-state index contributed by atoms with van der Waals surface area (Å²) < 4.78 is 19.5. The van der Waals surface area contributed by atoms with Crippen LogP contribution in [0.4, 0.5) is 4.39 Å². The zero-order valence-electron chi connectivity index (χ0n) is 10.8. The van der Waals surface area contributed by atoms with Gasteiger partial charge in [0.2, 0.25) is 0 Å². The normalized spacial score (nSPS) is 10.8. The lowest BCUT2D eigenvalue weighted by molar-refractivity contribution is 0.298. The van der Waals surface area contributed by atoms with Crippen molar-refractivity contribution in [2.45, 2.75) is 20.1 Å². The predicted octanol–water partition coefficient (Wildman–Crippen LogP) is 4.39. The maximum atomic E-state index is 13.4. The molecule has 0 atom stereocenters. The van der Waals surface area contributed by atoms with Crippen molar-refractivity contribution in [3.8, 4) is 5.75 Å². The number of hydrogen-bond acceptors (Lipinski definition) is 4. The van der Waals surface area contributed by atoms with Crippen LogP contribution in [0.15, 0.2) is 22.0 Å². The standard InChI is InChI=1S/C13H13BrClFN2OS/c1-2-17-5-13-18-8(7-20-13)6-19-12-4-11(16)10(15)3-9(12)14/h3-4,7,17H,2,5-6H2,1H3. The van der Waals surface area contributed by atoms with E-state index in [0.717, 1.165) is 23.8 Å². The Morgan fingerprint density at radius 3 is 3.05 bits per heavy atom. The quantitative estimate of drug-likeness (QED) is 0.756. The van der Waals surface area contributed by atoms with E-state index < -0.39 is 5.82 Å². The molecular weight excluding hydrogens is 367 g/mol. The smallest absolute Gasteiger partial charge is 0.145 e. The number of nitrogens with zero attached hydrogens (tertiary/aromatic N) is 1. The lowest BCUT2D eigenvalue weighted by atomic mass is 10.3. The van der Waals surface area contributed by atoms with Crippen LogP contribution in [-0.4, -0.2) is 11.5 Å². The maximum Gasteiger partial charge on any atom is 0.145 e. The number of ether oxygens (including phenoxy) is 1.